The molecule has 2 N–H and O–H groups in total. The van der Waals surface area contributed by atoms with Gasteiger partial charge in [-0.05, 0) is 29.6 Å². The number of rotatable bonds is 4. The number of hydrogen-bond acceptors (Lipinski definition) is 6. The number of nitrogens with zero attached hydrogens (tertiary/aromatic N) is 2. The number of nitrogens with one attached hydrogen (secondary N) is 2. The number of halogens is 1. The zero-order valence-electron chi connectivity index (χ0n) is 11.4. The molecule has 0 aliphatic rings. The van der Waals surface area contributed by atoms with Gasteiger partial charge in [-0.25, -0.2) is 0 Å². The molecular formula is C14H9ClN4O2S2. The molecule has 3 aromatic rings. The summed E-state index contributed by atoms with van der Waals surface area (Å²) in [4.78, 5) is 24.8. The van der Waals surface area contributed by atoms with Crippen LogP contribution in [0.2, 0.25) is 5.02 Å². The lowest BCUT2D eigenvalue weighted by atomic mass is 10.2. The molecule has 0 saturated carbocycles. The third kappa shape index (κ3) is 3.73. The van der Waals surface area contributed by atoms with Crippen molar-refractivity contribution in [1.29, 1.82) is 0 Å². The minimum atomic E-state index is -0.356. The summed E-state index contributed by atoms with van der Waals surface area (Å²) in [6, 6.07) is 8.14. The molecule has 0 bridgehead atoms. The van der Waals surface area contributed by atoms with Crippen LogP contribution in [-0.4, -0.2) is 22.0 Å². The highest BCUT2D eigenvalue weighted by atomic mass is 35.5. The molecule has 2 amide bonds. The number of carbonyl (C=O) groups is 2. The standard InChI is InChI=1S/C14H9ClN4O2S2/c15-9-4-3-8(12(20)18-14-19-16-7-23-14)6-10(9)17-13(21)11-2-1-5-22-11/h1-7H,(H,17,21)(H,18,19,20). The summed E-state index contributed by atoms with van der Waals surface area (Å²) in [7, 11) is 0. The lowest BCUT2D eigenvalue weighted by Crippen LogP contribution is -2.14. The molecule has 0 aliphatic carbocycles. The first kappa shape index (κ1) is 15.6. The Hall–Kier alpha value is -2.29. The van der Waals surface area contributed by atoms with E-state index < -0.39 is 0 Å². The van der Waals surface area contributed by atoms with E-state index in [1.165, 1.54) is 34.3 Å². The molecule has 23 heavy (non-hydrogen) atoms. The second kappa shape index (κ2) is 6.86. The van der Waals surface area contributed by atoms with Gasteiger partial charge in [-0.15, -0.1) is 21.5 Å². The average Bonchev–Trinajstić information content (AvgIpc) is 3.22. The molecule has 0 atom stereocenters. The topological polar surface area (TPSA) is 84.0 Å². The van der Waals surface area contributed by atoms with E-state index >= 15 is 0 Å². The molecule has 116 valence electrons. The van der Waals surface area contributed by atoms with Crippen molar-refractivity contribution in [3.05, 3.63) is 56.7 Å². The molecular weight excluding hydrogens is 356 g/mol. The summed E-state index contributed by atoms with van der Waals surface area (Å²) in [6.07, 6.45) is 0. The van der Waals surface area contributed by atoms with Crippen LogP contribution in [0.4, 0.5) is 10.8 Å². The van der Waals surface area contributed by atoms with Crippen molar-refractivity contribution in [2.45, 2.75) is 0 Å². The van der Waals surface area contributed by atoms with E-state index in [0.717, 1.165) is 0 Å². The highest BCUT2D eigenvalue weighted by molar-refractivity contribution is 7.13. The molecule has 2 aromatic heterocycles. The van der Waals surface area contributed by atoms with Crippen LogP contribution < -0.4 is 10.6 Å². The van der Waals surface area contributed by atoms with E-state index in [2.05, 4.69) is 20.8 Å². The fourth-order valence-corrected chi connectivity index (χ4v) is 2.97. The van der Waals surface area contributed by atoms with E-state index in [1.807, 2.05) is 5.38 Å². The van der Waals surface area contributed by atoms with Gasteiger partial charge in [0.05, 0.1) is 15.6 Å². The van der Waals surface area contributed by atoms with E-state index in [0.29, 0.717) is 26.3 Å². The Morgan fingerprint density at radius 1 is 1.09 bits per heavy atom. The number of anilines is 2. The van der Waals surface area contributed by atoms with Crippen LogP contribution in [0.25, 0.3) is 0 Å². The van der Waals surface area contributed by atoms with Crippen molar-refractivity contribution in [1.82, 2.24) is 10.2 Å². The zero-order chi connectivity index (χ0) is 16.2. The largest absolute Gasteiger partial charge is 0.320 e. The van der Waals surface area contributed by atoms with Gasteiger partial charge in [0.2, 0.25) is 5.13 Å². The Morgan fingerprint density at radius 3 is 2.65 bits per heavy atom. The Kier molecular flexibility index (Phi) is 4.65. The molecule has 0 fully saturated rings. The summed E-state index contributed by atoms with van der Waals surface area (Å²) in [6.45, 7) is 0. The smallest absolute Gasteiger partial charge is 0.265 e. The number of benzene rings is 1. The van der Waals surface area contributed by atoms with E-state index in [9.17, 15) is 9.59 Å². The van der Waals surface area contributed by atoms with Gasteiger partial charge in [0.1, 0.15) is 5.51 Å². The van der Waals surface area contributed by atoms with Crippen LogP contribution in [-0.2, 0) is 0 Å². The summed E-state index contributed by atoms with van der Waals surface area (Å²) in [5.41, 5.74) is 2.24. The van der Waals surface area contributed by atoms with Crippen molar-refractivity contribution < 1.29 is 9.59 Å². The highest BCUT2D eigenvalue weighted by Gasteiger charge is 2.13. The summed E-state index contributed by atoms with van der Waals surface area (Å²) in [5.74, 6) is -0.631. The van der Waals surface area contributed by atoms with Gasteiger partial charge < -0.3 is 5.32 Å². The fraction of sp³-hybridized carbons (Fsp3) is 0. The average molecular weight is 365 g/mol. The van der Waals surface area contributed by atoms with Crippen LogP contribution in [0.5, 0.6) is 0 Å². The number of carbonyl (C=O) groups excluding carboxylic acids is 2. The zero-order valence-corrected chi connectivity index (χ0v) is 13.8. The van der Waals surface area contributed by atoms with Gasteiger partial charge in [-0.3, -0.25) is 14.9 Å². The molecule has 0 unspecified atom stereocenters. The second-order valence-electron chi connectivity index (χ2n) is 4.32. The Balaban J connectivity index is 1.78. The highest BCUT2D eigenvalue weighted by Crippen LogP contribution is 2.25. The first-order valence-corrected chi connectivity index (χ1v) is 8.49. The molecule has 0 spiro atoms. The monoisotopic (exact) mass is 364 g/mol. The van der Waals surface area contributed by atoms with E-state index in [-0.39, 0.29) is 11.8 Å². The SMILES string of the molecule is O=C(Nc1nncs1)c1ccc(Cl)c(NC(=O)c2cccs2)c1. The third-order valence-corrected chi connectivity index (χ3v) is 4.61. The molecule has 0 aliphatic heterocycles. The molecule has 3 rings (SSSR count). The predicted octanol–water partition coefficient (Wildman–Crippen LogP) is 3.76. The lowest BCUT2D eigenvalue weighted by Gasteiger charge is -2.08. The molecule has 1 aromatic carbocycles. The minimum absolute atomic E-state index is 0.274. The lowest BCUT2D eigenvalue weighted by molar-refractivity contribution is 0.101. The second-order valence-corrected chi connectivity index (χ2v) is 6.51. The van der Waals surface area contributed by atoms with Gasteiger partial charge in [-0.2, -0.15) is 0 Å². The van der Waals surface area contributed by atoms with Gasteiger partial charge in [0.15, 0.2) is 0 Å². The van der Waals surface area contributed by atoms with Crippen LogP contribution >= 0.6 is 34.3 Å². The van der Waals surface area contributed by atoms with Crippen LogP contribution in [0.1, 0.15) is 20.0 Å². The number of amides is 2. The van der Waals surface area contributed by atoms with Crippen LogP contribution in [0.15, 0.2) is 41.2 Å². The molecule has 6 nitrogen and oxygen atoms in total. The molecule has 0 radical (unpaired) electrons. The normalized spacial score (nSPS) is 10.3. The maximum absolute atomic E-state index is 12.2. The first-order chi connectivity index (χ1) is 11.1. The Labute approximate surface area is 144 Å². The Morgan fingerprint density at radius 2 is 1.96 bits per heavy atom. The maximum atomic E-state index is 12.2. The number of aromatic nitrogens is 2. The van der Waals surface area contributed by atoms with Gasteiger partial charge in [0, 0.05) is 5.56 Å². The fourth-order valence-electron chi connectivity index (χ4n) is 1.75. The third-order valence-electron chi connectivity index (χ3n) is 2.80. The molecule has 0 saturated heterocycles. The molecule has 2 heterocycles. The van der Waals surface area contributed by atoms with Gasteiger partial charge in [-0.1, -0.05) is 29.0 Å². The van der Waals surface area contributed by atoms with Crippen molar-refractivity contribution in [2.24, 2.45) is 0 Å². The summed E-state index contributed by atoms with van der Waals surface area (Å²) in [5, 5.41) is 15.3. The van der Waals surface area contributed by atoms with Crippen LogP contribution in [0, 0.1) is 0 Å². The van der Waals surface area contributed by atoms with Gasteiger partial charge >= 0.3 is 0 Å². The quantitative estimate of drug-likeness (QED) is 0.738. The van der Waals surface area contributed by atoms with E-state index in [4.69, 9.17) is 11.6 Å². The number of hydrogen-bond donors (Lipinski definition) is 2. The van der Waals surface area contributed by atoms with Crippen LogP contribution in [0.3, 0.4) is 0 Å². The summed E-state index contributed by atoms with van der Waals surface area (Å²) >= 11 is 8.62. The van der Waals surface area contributed by atoms with Crippen molar-refractivity contribution in [3.8, 4) is 0 Å². The number of thiophene rings is 1. The van der Waals surface area contributed by atoms with Crippen molar-refractivity contribution >= 4 is 56.9 Å². The van der Waals surface area contributed by atoms with Crippen molar-refractivity contribution in [2.75, 3.05) is 10.6 Å². The van der Waals surface area contributed by atoms with E-state index in [1.54, 1.807) is 24.3 Å². The first-order valence-electron chi connectivity index (χ1n) is 6.35. The van der Waals surface area contributed by atoms with Gasteiger partial charge in [0.25, 0.3) is 11.8 Å². The van der Waals surface area contributed by atoms with Crippen molar-refractivity contribution in [3.63, 3.8) is 0 Å². The summed E-state index contributed by atoms with van der Waals surface area (Å²) < 4.78 is 0. The maximum Gasteiger partial charge on any atom is 0.265 e. The molecule has 9 heteroatoms. The Bertz CT molecular complexity index is 835. The minimum Gasteiger partial charge on any atom is -0.320 e. The predicted molar refractivity (Wildman–Crippen MR) is 91.6 cm³/mol.